The third-order valence-corrected chi connectivity index (χ3v) is 5.29. The van der Waals surface area contributed by atoms with Crippen LogP contribution in [0.2, 0.25) is 0 Å². The molecule has 182 valence electrons. The molecule has 10 nitrogen and oxygen atoms in total. The van der Waals surface area contributed by atoms with Gasteiger partial charge in [-0.25, -0.2) is 0 Å². The largest absolute Gasteiger partial charge is 0.502 e. The monoisotopic (exact) mass is 473 g/mol. The van der Waals surface area contributed by atoms with Gasteiger partial charge in [0, 0.05) is 6.07 Å². The lowest BCUT2D eigenvalue weighted by Crippen LogP contribution is -2.15. The summed E-state index contributed by atoms with van der Waals surface area (Å²) >= 11 is 0. The average Bonchev–Trinajstić information content (AvgIpc) is 3.15. The minimum Gasteiger partial charge on any atom is -0.502 e. The van der Waals surface area contributed by atoms with E-state index in [9.17, 15) is 19.8 Å². The standard InChI is InChI=1S/C24H27NO9/c1-5-31-22(28)10-17(24-23(29)19(27)9-16(11-26)33-24)15-6-7-20(21(8-15)30-4)32-12-18-13(2)25-34-14(18)3/h6-9,17,26,29H,5,10-12H2,1-4H3/t17-/m1/s1. The maximum Gasteiger partial charge on any atom is 0.306 e. The first kappa shape index (κ1) is 24.8. The van der Waals surface area contributed by atoms with Gasteiger partial charge in [-0.15, -0.1) is 0 Å². The zero-order valence-corrected chi connectivity index (χ0v) is 19.4. The topological polar surface area (TPSA) is 141 Å². The Morgan fingerprint density at radius 1 is 1.21 bits per heavy atom. The lowest BCUT2D eigenvalue weighted by molar-refractivity contribution is -0.143. The van der Waals surface area contributed by atoms with Gasteiger partial charge in [-0.05, 0) is 38.5 Å². The number of aryl methyl sites for hydroxylation is 2. The summed E-state index contributed by atoms with van der Waals surface area (Å²) in [4.78, 5) is 24.5. The molecule has 0 saturated heterocycles. The third kappa shape index (κ3) is 5.40. The Morgan fingerprint density at radius 2 is 1.97 bits per heavy atom. The smallest absolute Gasteiger partial charge is 0.306 e. The summed E-state index contributed by atoms with van der Waals surface area (Å²) in [5, 5.41) is 23.7. The second-order valence-corrected chi connectivity index (χ2v) is 7.51. The van der Waals surface area contributed by atoms with Crippen LogP contribution in [0.3, 0.4) is 0 Å². The molecular formula is C24H27NO9. The molecule has 0 saturated carbocycles. The number of carbonyl (C=O) groups is 1. The Morgan fingerprint density at radius 3 is 2.59 bits per heavy atom. The molecule has 2 heterocycles. The van der Waals surface area contributed by atoms with E-state index < -0.39 is 29.7 Å². The van der Waals surface area contributed by atoms with Gasteiger partial charge in [0.2, 0.25) is 11.2 Å². The third-order valence-electron chi connectivity index (χ3n) is 5.29. The van der Waals surface area contributed by atoms with Crippen LogP contribution in [0.25, 0.3) is 0 Å². The van der Waals surface area contributed by atoms with E-state index in [1.807, 2.05) is 6.92 Å². The van der Waals surface area contributed by atoms with Crippen molar-refractivity contribution in [3.63, 3.8) is 0 Å². The number of carbonyl (C=O) groups excluding carboxylic acids is 1. The SMILES string of the molecule is CCOC(=O)C[C@H](c1ccc(OCc2c(C)noc2C)c(OC)c1)c1oc(CO)cc(=O)c1O. The van der Waals surface area contributed by atoms with E-state index in [-0.39, 0.29) is 31.2 Å². The lowest BCUT2D eigenvalue weighted by atomic mass is 9.91. The van der Waals surface area contributed by atoms with Gasteiger partial charge in [-0.2, -0.15) is 0 Å². The summed E-state index contributed by atoms with van der Waals surface area (Å²) < 4.78 is 27.2. The van der Waals surface area contributed by atoms with E-state index in [1.54, 1.807) is 32.0 Å². The Hall–Kier alpha value is -3.79. The Labute approximate surface area is 195 Å². The number of hydrogen-bond acceptors (Lipinski definition) is 10. The molecule has 0 aliphatic carbocycles. The number of methoxy groups -OCH3 is 1. The number of aromatic hydroxyl groups is 1. The van der Waals surface area contributed by atoms with Crippen molar-refractivity contribution in [1.29, 1.82) is 0 Å². The van der Waals surface area contributed by atoms with E-state index >= 15 is 0 Å². The van der Waals surface area contributed by atoms with Crippen LogP contribution >= 0.6 is 0 Å². The number of esters is 1. The van der Waals surface area contributed by atoms with Crippen LogP contribution in [0.5, 0.6) is 17.2 Å². The number of aliphatic hydroxyl groups excluding tert-OH is 1. The van der Waals surface area contributed by atoms with Gasteiger partial charge in [-0.3, -0.25) is 9.59 Å². The van der Waals surface area contributed by atoms with Crippen LogP contribution in [0.1, 0.15) is 53.4 Å². The predicted octanol–water partition coefficient (Wildman–Crippen LogP) is 3.12. The quantitative estimate of drug-likeness (QED) is 0.422. The maximum atomic E-state index is 12.3. The normalized spacial score (nSPS) is 11.8. The first-order valence-electron chi connectivity index (χ1n) is 10.6. The predicted molar refractivity (Wildman–Crippen MR) is 119 cm³/mol. The molecule has 0 spiro atoms. The summed E-state index contributed by atoms with van der Waals surface area (Å²) in [5.74, 6) is -0.852. The Bertz CT molecular complexity index is 1190. The molecule has 3 rings (SSSR count). The lowest BCUT2D eigenvalue weighted by Gasteiger charge is -2.19. The van der Waals surface area contributed by atoms with E-state index in [1.165, 1.54) is 7.11 Å². The van der Waals surface area contributed by atoms with Crippen LogP contribution in [-0.4, -0.2) is 35.1 Å². The van der Waals surface area contributed by atoms with Crippen molar-refractivity contribution in [3.05, 3.63) is 68.6 Å². The summed E-state index contributed by atoms with van der Waals surface area (Å²) in [7, 11) is 1.46. The minimum absolute atomic E-state index is 0.0435. The molecule has 0 fully saturated rings. The van der Waals surface area contributed by atoms with E-state index in [0.29, 0.717) is 22.8 Å². The summed E-state index contributed by atoms with van der Waals surface area (Å²) in [6, 6.07) is 5.93. The molecule has 2 aromatic heterocycles. The number of hydrogen-bond donors (Lipinski definition) is 2. The summed E-state index contributed by atoms with van der Waals surface area (Å²) in [5.41, 5.74) is 1.31. The average molecular weight is 473 g/mol. The molecule has 0 amide bonds. The van der Waals surface area contributed by atoms with Crippen LogP contribution in [-0.2, 0) is 22.7 Å². The maximum absolute atomic E-state index is 12.3. The highest BCUT2D eigenvalue weighted by Gasteiger charge is 2.28. The molecule has 3 aromatic rings. The van der Waals surface area contributed by atoms with Crippen molar-refractivity contribution in [2.45, 2.75) is 46.3 Å². The van der Waals surface area contributed by atoms with Crippen molar-refractivity contribution in [1.82, 2.24) is 5.16 Å². The first-order valence-corrected chi connectivity index (χ1v) is 10.6. The first-order chi connectivity index (χ1) is 16.3. The number of aliphatic hydroxyl groups is 1. The molecule has 1 atom stereocenters. The molecule has 0 radical (unpaired) electrons. The number of rotatable bonds is 10. The van der Waals surface area contributed by atoms with Crippen LogP contribution in [0.4, 0.5) is 0 Å². The van der Waals surface area contributed by atoms with Crippen molar-refractivity contribution in [3.8, 4) is 17.2 Å². The van der Waals surface area contributed by atoms with Crippen molar-refractivity contribution in [2.75, 3.05) is 13.7 Å². The highest BCUT2D eigenvalue weighted by atomic mass is 16.5. The summed E-state index contributed by atoms with van der Waals surface area (Å²) in [6.45, 7) is 5.10. The molecule has 0 aliphatic rings. The fraction of sp³-hybridized carbons (Fsp3) is 0.375. The Kier molecular flexibility index (Phi) is 7.95. The number of ether oxygens (including phenoxy) is 3. The van der Waals surface area contributed by atoms with Crippen molar-refractivity contribution >= 4 is 5.97 Å². The molecule has 0 bridgehead atoms. The van der Waals surface area contributed by atoms with Crippen LogP contribution in [0, 0.1) is 13.8 Å². The van der Waals surface area contributed by atoms with Gasteiger partial charge in [0.15, 0.2) is 17.3 Å². The van der Waals surface area contributed by atoms with E-state index in [2.05, 4.69) is 5.16 Å². The fourth-order valence-corrected chi connectivity index (χ4v) is 3.50. The highest BCUT2D eigenvalue weighted by Crippen LogP contribution is 2.38. The van der Waals surface area contributed by atoms with Crippen molar-refractivity contribution < 1.29 is 38.2 Å². The second-order valence-electron chi connectivity index (χ2n) is 7.51. The number of aromatic nitrogens is 1. The fourth-order valence-electron chi connectivity index (χ4n) is 3.50. The van der Waals surface area contributed by atoms with Gasteiger partial charge < -0.3 is 33.4 Å². The van der Waals surface area contributed by atoms with Gasteiger partial charge >= 0.3 is 5.97 Å². The highest BCUT2D eigenvalue weighted by molar-refractivity contribution is 5.71. The number of nitrogens with zero attached hydrogens (tertiary/aromatic N) is 1. The molecule has 0 aliphatic heterocycles. The molecular weight excluding hydrogens is 446 g/mol. The Balaban J connectivity index is 2.00. The van der Waals surface area contributed by atoms with Gasteiger partial charge in [0.05, 0.1) is 37.3 Å². The molecule has 2 N–H and O–H groups in total. The zero-order chi connectivity index (χ0) is 24.8. The van der Waals surface area contributed by atoms with Crippen LogP contribution < -0.4 is 14.9 Å². The molecule has 34 heavy (non-hydrogen) atoms. The summed E-state index contributed by atoms with van der Waals surface area (Å²) in [6.07, 6.45) is -0.221. The van der Waals surface area contributed by atoms with Gasteiger partial charge in [-0.1, -0.05) is 11.2 Å². The van der Waals surface area contributed by atoms with E-state index in [0.717, 1.165) is 17.3 Å². The zero-order valence-electron chi connectivity index (χ0n) is 19.4. The van der Waals surface area contributed by atoms with Crippen LogP contribution in [0.15, 0.2) is 38.0 Å². The minimum atomic E-state index is -0.885. The van der Waals surface area contributed by atoms with Gasteiger partial charge in [0.1, 0.15) is 24.7 Å². The van der Waals surface area contributed by atoms with Crippen molar-refractivity contribution in [2.24, 2.45) is 0 Å². The van der Waals surface area contributed by atoms with Gasteiger partial charge in [0.25, 0.3) is 0 Å². The molecule has 0 unspecified atom stereocenters. The molecule has 10 heteroatoms. The van der Waals surface area contributed by atoms with E-state index in [4.69, 9.17) is 23.2 Å². The number of benzene rings is 1. The molecule has 1 aromatic carbocycles. The second kappa shape index (κ2) is 10.9.